The normalized spacial score (nSPS) is 18.1. The minimum Gasteiger partial charge on any atom is -0.406 e. The highest BCUT2D eigenvalue weighted by Crippen LogP contribution is 2.56. The number of alkyl halides is 3. The van der Waals surface area contributed by atoms with Crippen LogP contribution >= 0.6 is 0 Å². The lowest BCUT2D eigenvalue weighted by molar-refractivity contribution is -0.274. The van der Waals surface area contributed by atoms with Crippen molar-refractivity contribution in [2.24, 2.45) is 0 Å². The molecule has 0 aliphatic heterocycles. The Hall–Kier alpha value is -3.96. The fraction of sp³-hybridized carbons (Fsp3) is 0.200. The van der Waals surface area contributed by atoms with Gasteiger partial charge in [0.05, 0.1) is 11.3 Å². The Morgan fingerprint density at radius 1 is 1.12 bits per heavy atom. The summed E-state index contributed by atoms with van der Waals surface area (Å²) < 4.78 is 56.9. The van der Waals surface area contributed by atoms with Gasteiger partial charge in [0.25, 0.3) is 5.56 Å². The van der Waals surface area contributed by atoms with Crippen molar-refractivity contribution in [2.75, 3.05) is 0 Å². The monoisotopic (exact) mass is 447 g/mol. The van der Waals surface area contributed by atoms with E-state index < -0.39 is 29.2 Å². The van der Waals surface area contributed by atoms with E-state index in [0.29, 0.717) is 23.7 Å². The Bertz CT molecular complexity index is 1460. The molecule has 4 aromatic rings. The first-order valence-corrected chi connectivity index (χ1v) is 9.41. The van der Waals surface area contributed by atoms with Gasteiger partial charge in [0, 0.05) is 30.2 Å². The molecule has 1 aromatic carbocycles. The number of rotatable bonds is 4. The number of fused-ring (bicyclic) bond motifs is 1. The zero-order valence-electron chi connectivity index (χ0n) is 16.0. The van der Waals surface area contributed by atoms with Crippen molar-refractivity contribution in [1.29, 1.82) is 0 Å². The average Bonchev–Trinajstić information content (AvgIpc) is 3.33. The number of aromatic amines is 2. The van der Waals surface area contributed by atoms with Crippen molar-refractivity contribution in [1.82, 2.24) is 24.6 Å². The lowest BCUT2D eigenvalue weighted by atomic mass is 10.0. The van der Waals surface area contributed by atoms with Gasteiger partial charge in [-0.25, -0.2) is 18.7 Å². The number of hydrogen-bond acceptors (Lipinski definition) is 5. The highest BCUT2D eigenvalue weighted by molar-refractivity contribution is 5.63. The predicted molar refractivity (Wildman–Crippen MR) is 103 cm³/mol. The summed E-state index contributed by atoms with van der Waals surface area (Å²) in [7, 11) is 0. The molecule has 0 radical (unpaired) electrons. The van der Waals surface area contributed by atoms with Crippen molar-refractivity contribution >= 4 is 5.65 Å². The van der Waals surface area contributed by atoms with Crippen molar-refractivity contribution in [3.63, 3.8) is 0 Å². The van der Waals surface area contributed by atoms with Gasteiger partial charge in [-0.3, -0.25) is 9.78 Å². The largest absolute Gasteiger partial charge is 0.573 e. The van der Waals surface area contributed by atoms with Gasteiger partial charge in [0.2, 0.25) is 0 Å². The highest BCUT2D eigenvalue weighted by Gasteiger charge is 2.43. The minimum atomic E-state index is -4.91. The van der Waals surface area contributed by atoms with E-state index in [-0.39, 0.29) is 28.7 Å². The molecule has 1 aliphatic rings. The molecule has 12 heteroatoms. The van der Waals surface area contributed by atoms with E-state index in [2.05, 4.69) is 24.8 Å². The zero-order chi connectivity index (χ0) is 22.6. The Morgan fingerprint density at radius 2 is 1.91 bits per heavy atom. The second-order valence-corrected chi connectivity index (χ2v) is 7.35. The number of nitrogens with one attached hydrogen (secondary N) is 2. The van der Waals surface area contributed by atoms with E-state index in [1.165, 1.54) is 23.0 Å². The van der Waals surface area contributed by atoms with Crippen LogP contribution in [-0.2, 0) is 0 Å². The maximum absolute atomic E-state index is 14.5. The summed E-state index contributed by atoms with van der Waals surface area (Å²) in [5, 5.41) is 4.34. The number of H-pyrrole nitrogens is 2. The molecule has 8 nitrogen and oxygen atoms in total. The van der Waals surface area contributed by atoms with Crippen LogP contribution in [0.3, 0.4) is 0 Å². The summed E-state index contributed by atoms with van der Waals surface area (Å²) in [5.41, 5.74) is 0.616. The summed E-state index contributed by atoms with van der Waals surface area (Å²) in [4.78, 5) is 32.3. The number of benzene rings is 1. The minimum absolute atomic E-state index is 0.137. The molecule has 5 rings (SSSR count). The van der Waals surface area contributed by atoms with Gasteiger partial charge >= 0.3 is 12.1 Å². The standard InChI is InChI=1S/C20H13F4N5O3/c21-15-5-9(32-20(22,23)24)1-2-10(15)11-6-12(11)13-7-16(28-29-4-3-25-17(13)29)14-8-26-19(31)27-18(14)30/h1-5,7-8,11-12H,6H2,(H2,26,27,30,31)/t11-,12+/m1/s1. The molecule has 3 aromatic heterocycles. The number of ether oxygens (including phenoxy) is 1. The molecule has 0 bridgehead atoms. The average molecular weight is 447 g/mol. The van der Waals surface area contributed by atoms with Crippen molar-refractivity contribution < 1.29 is 22.3 Å². The first-order valence-electron chi connectivity index (χ1n) is 9.41. The number of aromatic nitrogens is 5. The second-order valence-electron chi connectivity index (χ2n) is 7.35. The van der Waals surface area contributed by atoms with Crippen LogP contribution in [0.15, 0.2) is 52.4 Å². The lowest BCUT2D eigenvalue weighted by Gasteiger charge is -2.11. The topological polar surface area (TPSA) is 105 Å². The number of imidazole rings is 1. The van der Waals surface area contributed by atoms with Crippen molar-refractivity contribution in [2.45, 2.75) is 24.6 Å². The molecule has 0 saturated heterocycles. The van der Waals surface area contributed by atoms with Gasteiger partial charge in [-0.05, 0) is 36.0 Å². The molecule has 32 heavy (non-hydrogen) atoms. The fourth-order valence-corrected chi connectivity index (χ4v) is 3.83. The number of hydrogen-bond donors (Lipinski definition) is 2. The van der Waals surface area contributed by atoms with Crippen LogP contribution in [0.2, 0.25) is 0 Å². The molecular formula is C20H13F4N5O3. The van der Waals surface area contributed by atoms with Crippen molar-refractivity contribution in [3.8, 4) is 17.0 Å². The maximum atomic E-state index is 14.5. The molecule has 0 spiro atoms. The van der Waals surface area contributed by atoms with Crippen LogP contribution in [0.25, 0.3) is 16.9 Å². The molecule has 1 fully saturated rings. The Kier molecular flexibility index (Phi) is 4.39. The fourth-order valence-electron chi connectivity index (χ4n) is 3.83. The van der Waals surface area contributed by atoms with E-state index in [4.69, 9.17) is 0 Å². The summed E-state index contributed by atoms with van der Waals surface area (Å²) in [6.45, 7) is 0. The third kappa shape index (κ3) is 3.63. The molecule has 2 atom stereocenters. The van der Waals surface area contributed by atoms with E-state index in [0.717, 1.165) is 6.07 Å². The Balaban J connectivity index is 1.51. The molecule has 0 amide bonds. The zero-order valence-corrected chi connectivity index (χ0v) is 16.0. The van der Waals surface area contributed by atoms with Gasteiger partial charge in [-0.2, -0.15) is 5.10 Å². The Labute approximate surface area is 175 Å². The summed E-state index contributed by atoms with van der Waals surface area (Å²) in [6.07, 6.45) is -0.0173. The van der Waals surface area contributed by atoms with Gasteiger partial charge in [-0.1, -0.05) is 6.07 Å². The van der Waals surface area contributed by atoms with E-state index in [9.17, 15) is 27.2 Å². The predicted octanol–water partition coefficient (Wildman–Crippen LogP) is 3.08. The smallest absolute Gasteiger partial charge is 0.406 e. The van der Waals surface area contributed by atoms with Gasteiger partial charge in [0.1, 0.15) is 11.6 Å². The summed E-state index contributed by atoms with van der Waals surface area (Å²) in [5.74, 6) is -1.91. The first kappa shape index (κ1) is 20.0. The van der Waals surface area contributed by atoms with Gasteiger partial charge in [-0.15, -0.1) is 13.2 Å². The second kappa shape index (κ2) is 7.04. The van der Waals surface area contributed by atoms with Crippen molar-refractivity contribution in [3.05, 3.63) is 80.6 Å². The van der Waals surface area contributed by atoms with Crippen LogP contribution < -0.4 is 16.0 Å². The third-order valence-electron chi connectivity index (χ3n) is 5.28. The molecular weight excluding hydrogens is 434 g/mol. The van der Waals surface area contributed by atoms with E-state index in [1.54, 1.807) is 12.3 Å². The molecule has 3 heterocycles. The lowest BCUT2D eigenvalue weighted by Crippen LogP contribution is -2.23. The molecule has 164 valence electrons. The van der Waals surface area contributed by atoms with Gasteiger partial charge < -0.3 is 9.72 Å². The molecule has 1 saturated carbocycles. The number of nitrogens with zero attached hydrogens (tertiary/aromatic N) is 3. The quantitative estimate of drug-likeness (QED) is 0.468. The van der Waals surface area contributed by atoms with Gasteiger partial charge in [0.15, 0.2) is 5.65 Å². The third-order valence-corrected chi connectivity index (χ3v) is 5.28. The SMILES string of the molecule is O=c1[nH]cc(-c2cc([C@H]3C[C@@H]3c3ccc(OC(F)(F)F)cc3F)c3nccn3n2)c(=O)[nH]1. The van der Waals surface area contributed by atoms with E-state index >= 15 is 0 Å². The van der Waals surface area contributed by atoms with Crippen LogP contribution in [0, 0.1) is 5.82 Å². The molecule has 0 unspecified atom stereocenters. The first-order chi connectivity index (χ1) is 15.2. The van der Waals surface area contributed by atoms with Crippen LogP contribution in [0.4, 0.5) is 17.6 Å². The highest BCUT2D eigenvalue weighted by atomic mass is 19.4. The van der Waals surface area contributed by atoms with Crippen LogP contribution in [0.1, 0.15) is 29.4 Å². The van der Waals surface area contributed by atoms with Crippen LogP contribution in [0.5, 0.6) is 5.75 Å². The number of halogens is 4. The maximum Gasteiger partial charge on any atom is 0.573 e. The molecule has 1 aliphatic carbocycles. The Morgan fingerprint density at radius 3 is 2.62 bits per heavy atom. The summed E-state index contributed by atoms with van der Waals surface area (Å²) >= 11 is 0. The summed E-state index contributed by atoms with van der Waals surface area (Å²) in [6, 6.07) is 4.71. The van der Waals surface area contributed by atoms with Crippen LogP contribution in [-0.4, -0.2) is 30.9 Å². The molecule has 2 N–H and O–H groups in total. The van der Waals surface area contributed by atoms with E-state index in [1.807, 2.05) is 0 Å².